The maximum absolute atomic E-state index is 12.9. The SMILES string of the molecule is Nc1cc(F)cc(CSCCCO)c1. The molecule has 14 heavy (non-hydrogen) atoms. The Kier molecular flexibility index (Phi) is 4.76. The second kappa shape index (κ2) is 5.88. The zero-order chi connectivity index (χ0) is 10.4. The van der Waals surface area contributed by atoms with Crippen molar-refractivity contribution in [2.75, 3.05) is 18.1 Å². The third-order valence-corrected chi connectivity index (χ3v) is 2.81. The molecule has 0 saturated heterocycles. The topological polar surface area (TPSA) is 46.2 Å². The molecule has 2 nitrogen and oxygen atoms in total. The Bertz CT molecular complexity index is 273. The van der Waals surface area contributed by atoms with Crippen LogP contribution in [-0.2, 0) is 5.75 Å². The minimum absolute atomic E-state index is 0.207. The standard InChI is InChI=1S/C10H14FNOS/c11-9-4-8(5-10(12)6-9)7-14-3-1-2-13/h4-6,13H,1-3,7,12H2. The van der Waals surface area contributed by atoms with Crippen molar-refractivity contribution in [3.63, 3.8) is 0 Å². The number of rotatable bonds is 5. The number of aliphatic hydroxyl groups is 1. The van der Waals surface area contributed by atoms with Gasteiger partial charge in [0.25, 0.3) is 0 Å². The molecule has 0 spiro atoms. The van der Waals surface area contributed by atoms with Gasteiger partial charge in [0.1, 0.15) is 5.82 Å². The van der Waals surface area contributed by atoms with E-state index in [1.807, 2.05) is 0 Å². The molecule has 0 aliphatic heterocycles. The molecule has 3 N–H and O–H groups in total. The van der Waals surface area contributed by atoms with E-state index in [2.05, 4.69) is 0 Å². The molecule has 0 saturated carbocycles. The predicted octanol–water partition coefficient (Wildman–Crippen LogP) is 2.02. The Morgan fingerprint density at radius 3 is 2.79 bits per heavy atom. The minimum atomic E-state index is -0.289. The first kappa shape index (κ1) is 11.3. The van der Waals surface area contributed by atoms with Crippen LogP contribution in [0.4, 0.5) is 10.1 Å². The monoisotopic (exact) mass is 215 g/mol. The van der Waals surface area contributed by atoms with E-state index >= 15 is 0 Å². The van der Waals surface area contributed by atoms with Gasteiger partial charge in [0.2, 0.25) is 0 Å². The Hall–Kier alpha value is -0.740. The number of halogens is 1. The first-order valence-electron chi connectivity index (χ1n) is 4.46. The summed E-state index contributed by atoms with van der Waals surface area (Å²) in [6, 6.07) is 4.57. The summed E-state index contributed by atoms with van der Waals surface area (Å²) in [5, 5.41) is 8.56. The van der Waals surface area contributed by atoms with Crippen molar-refractivity contribution in [3.05, 3.63) is 29.6 Å². The van der Waals surface area contributed by atoms with Crippen LogP contribution >= 0.6 is 11.8 Å². The Balaban J connectivity index is 2.42. The lowest BCUT2D eigenvalue weighted by molar-refractivity contribution is 0.296. The molecule has 0 atom stereocenters. The van der Waals surface area contributed by atoms with Crippen molar-refractivity contribution in [3.8, 4) is 0 Å². The zero-order valence-corrected chi connectivity index (χ0v) is 8.69. The Morgan fingerprint density at radius 2 is 2.14 bits per heavy atom. The van der Waals surface area contributed by atoms with Gasteiger partial charge in [0.05, 0.1) is 0 Å². The smallest absolute Gasteiger partial charge is 0.125 e. The fourth-order valence-electron chi connectivity index (χ4n) is 1.12. The summed E-state index contributed by atoms with van der Waals surface area (Å²) in [5.74, 6) is 1.33. The largest absolute Gasteiger partial charge is 0.399 e. The average Bonchev–Trinajstić information content (AvgIpc) is 2.11. The maximum Gasteiger partial charge on any atom is 0.125 e. The van der Waals surface area contributed by atoms with Crippen LogP contribution in [0, 0.1) is 5.82 Å². The molecule has 1 rings (SSSR count). The van der Waals surface area contributed by atoms with Gasteiger partial charge >= 0.3 is 0 Å². The number of nitrogen functional groups attached to an aromatic ring is 1. The van der Waals surface area contributed by atoms with Crippen LogP contribution in [0.1, 0.15) is 12.0 Å². The molecule has 0 heterocycles. The van der Waals surface area contributed by atoms with Gasteiger partial charge in [0.15, 0.2) is 0 Å². The van der Waals surface area contributed by atoms with Gasteiger partial charge in [-0.15, -0.1) is 0 Å². The van der Waals surface area contributed by atoms with E-state index in [1.165, 1.54) is 12.1 Å². The summed E-state index contributed by atoms with van der Waals surface area (Å²) in [4.78, 5) is 0. The minimum Gasteiger partial charge on any atom is -0.399 e. The van der Waals surface area contributed by atoms with Crippen molar-refractivity contribution in [2.24, 2.45) is 0 Å². The lowest BCUT2D eigenvalue weighted by Crippen LogP contribution is -1.91. The summed E-state index contributed by atoms with van der Waals surface area (Å²) in [6.45, 7) is 0.207. The van der Waals surface area contributed by atoms with Crippen molar-refractivity contribution in [1.29, 1.82) is 0 Å². The predicted molar refractivity (Wildman–Crippen MR) is 58.7 cm³/mol. The number of anilines is 1. The highest BCUT2D eigenvalue weighted by Gasteiger charge is 1.98. The highest BCUT2D eigenvalue weighted by Crippen LogP contribution is 2.17. The van der Waals surface area contributed by atoms with Gasteiger partial charge in [-0.2, -0.15) is 11.8 Å². The van der Waals surface area contributed by atoms with Crippen LogP contribution in [0.5, 0.6) is 0 Å². The van der Waals surface area contributed by atoms with Crippen molar-refractivity contribution in [1.82, 2.24) is 0 Å². The molecular formula is C10H14FNOS. The number of aliphatic hydroxyl groups excluding tert-OH is 1. The van der Waals surface area contributed by atoms with E-state index in [1.54, 1.807) is 17.8 Å². The molecule has 0 radical (unpaired) electrons. The van der Waals surface area contributed by atoms with E-state index < -0.39 is 0 Å². The summed E-state index contributed by atoms with van der Waals surface area (Å²) in [6.07, 6.45) is 0.773. The third kappa shape index (κ3) is 3.98. The van der Waals surface area contributed by atoms with Gasteiger partial charge in [-0.25, -0.2) is 4.39 Å². The third-order valence-electron chi connectivity index (χ3n) is 1.70. The summed E-state index contributed by atoms with van der Waals surface area (Å²) >= 11 is 1.67. The molecule has 0 fully saturated rings. The molecule has 78 valence electrons. The average molecular weight is 215 g/mol. The van der Waals surface area contributed by atoms with E-state index in [-0.39, 0.29) is 12.4 Å². The number of hydrogen-bond acceptors (Lipinski definition) is 3. The van der Waals surface area contributed by atoms with Crippen LogP contribution < -0.4 is 5.73 Å². The molecule has 1 aromatic rings. The lowest BCUT2D eigenvalue weighted by Gasteiger charge is -2.02. The van der Waals surface area contributed by atoms with Crippen molar-refractivity contribution >= 4 is 17.4 Å². The molecule has 0 aliphatic rings. The molecule has 0 unspecified atom stereocenters. The molecule has 0 aromatic heterocycles. The van der Waals surface area contributed by atoms with E-state index in [0.29, 0.717) is 5.69 Å². The quantitative estimate of drug-likeness (QED) is 0.583. The van der Waals surface area contributed by atoms with Gasteiger partial charge in [-0.1, -0.05) is 0 Å². The Morgan fingerprint density at radius 1 is 1.36 bits per heavy atom. The number of nitrogens with two attached hydrogens (primary N) is 1. The second-order valence-electron chi connectivity index (χ2n) is 3.02. The van der Waals surface area contributed by atoms with Crippen LogP contribution in [0.25, 0.3) is 0 Å². The number of hydrogen-bond donors (Lipinski definition) is 2. The lowest BCUT2D eigenvalue weighted by atomic mass is 10.2. The van der Waals surface area contributed by atoms with Gasteiger partial charge in [0, 0.05) is 18.0 Å². The van der Waals surface area contributed by atoms with E-state index in [4.69, 9.17) is 10.8 Å². The fraction of sp³-hybridized carbons (Fsp3) is 0.400. The molecular weight excluding hydrogens is 201 g/mol. The van der Waals surface area contributed by atoms with Crippen LogP contribution in [0.15, 0.2) is 18.2 Å². The molecule has 0 aliphatic carbocycles. The zero-order valence-electron chi connectivity index (χ0n) is 7.87. The number of thioether (sulfide) groups is 1. The first-order chi connectivity index (χ1) is 6.72. The van der Waals surface area contributed by atoms with Crippen LogP contribution in [0.2, 0.25) is 0 Å². The highest BCUT2D eigenvalue weighted by atomic mass is 32.2. The second-order valence-corrected chi connectivity index (χ2v) is 4.13. The first-order valence-corrected chi connectivity index (χ1v) is 5.61. The van der Waals surface area contributed by atoms with E-state index in [9.17, 15) is 4.39 Å². The fourth-order valence-corrected chi connectivity index (χ4v) is 2.00. The van der Waals surface area contributed by atoms with Crippen LogP contribution in [0.3, 0.4) is 0 Å². The summed E-state index contributed by atoms with van der Waals surface area (Å²) in [5.41, 5.74) is 6.86. The van der Waals surface area contributed by atoms with E-state index in [0.717, 1.165) is 23.5 Å². The summed E-state index contributed by atoms with van der Waals surface area (Å²) in [7, 11) is 0. The van der Waals surface area contributed by atoms with Gasteiger partial charge in [-0.05, 0) is 35.9 Å². The molecule has 1 aromatic carbocycles. The van der Waals surface area contributed by atoms with Gasteiger partial charge < -0.3 is 10.8 Å². The summed E-state index contributed by atoms with van der Waals surface area (Å²) < 4.78 is 12.9. The van der Waals surface area contributed by atoms with Crippen LogP contribution in [-0.4, -0.2) is 17.5 Å². The molecule has 0 amide bonds. The highest BCUT2D eigenvalue weighted by molar-refractivity contribution is 7.98. The van der Waals surface area contributed by atoms with Gasteiger partial charge in [-0.3, -0.25) is 0 Å². The maximum atomic E-state index is 12.9. The Labute approximate surface area is 87.3 Å². The van der Waals surface area contributed by atoms with Crippen molar-refractivity contribution < 1.29 is 9.50 Å². The van der Waals surface area contributed by atoms with Crippen molar-refractivity contribution in [2.45, 2.75) is 12.2 Å². The number of benzene rings is 1. The molecule has 4 heteroatoms. The molecule has 0 bridgehead atoms. The normalized spacial score (nSPS) is 10.4.